The fourth-order valence-corrected chi connectivity index (χ4v) is 1.93. The molecule has 112 valence electrons. The van der Waals surface area contributed by atoms with Gasteiger partial charge in [-0.25, -0.2) is 4.79 Å². The van der Waals surface area contributed by atoms with Crippen LogP contribution in [0.4, 0.5) is 16.3 Å². The van der Waals surface area contributed by atoms with Crippen molar-refractivity contribution in [2.75, 3.05) is 10.6 Å². The Morgan fingerprint density at radius 2 is 1.86 bits per heavy atom. The van der Waals surface area contributed by atoms with Crippen molar-refractivity contribution in [2.45, 2.75) is 26.2 Å². The number of rotatable bonds is 2. The molecule has 21 heavy (non-hydrogen) atoms. The van der Waals surface area contributed by atoms with Gasteiger partial charge < -0.3 is 5.32 Å². The highest BCUT2D eigenvalue weighted by Crippen LogP contribution is 2.25. The lowest BCUT2D eigenvalue weighted by Crippen LogP contribution is -2.19. The maximum atomic E-state index is 11.9. The zero-order valence-corrected chi connectivity index (χ0v) is 13.4. The highest BCUT2D eigenvalue weighted by molar-refractivity contribution is 6.42. The summed E-state index contributed by atoms with van der Waals surface area (Å²) >= 11 is 11.7. The summed E-state index contributed by atoms with van der Waals surface area (Å²) in [5, 5.41) is 13.1. The molecule has 2 aromatic rings. The van der Waals surface area contributed by atoms with Crippen molar-refractivity contribution in [2.24, 2.45) is 0 Å². The van der Waals surface area contributed by atoms with Gasteiger partial charge in [0.05, 0.1) is 15.7 Å². The number of hydrogen-bond acceptors (Lipinski definition) is 2. The van der Waals surface area contributed by atoms with Crippen molar-refractivity contribution >= 4 is 40.7 Å². The maximum Gasteiger partial charge on any atom is 0.324 e. The van der Waals surface area contributed by atoms with Gasteiger partial charge in [-0.2, -0.15) is 5.10 Å². The molecular weight excluding hydrogens is 311 g/mol. The number of anilines is 2. The molecule has 0 bridgehead atoms. The Labute approximate surface area is 133 Å². The summed E-state index contributed by atoms with van der Waals surface area (Å²) in [5.74, 6) is 0.525. The molecule has 0 fully saturated rings. The molecule has 2 amide bonds. The molecule has 0 aliphatic heterocycles. The minimum atomic E-state index is -0.391. The molecule has 0 atom stereocenters. The Balaban J connectivity index is 2.01. The first-order chi connectivity index (χ1) is 9.75. The van der Waals surface area contributed by atoms with Gasteiger partial charge in [-0.1, -0.05) is 44.0 Å². The second kappa shape index (κ2) is 5.95. The van der Waals surface area contributed by atoms with Crippen LogP contribution >= 0.6 is 23.2 Å². The molecule has 0 aliphatic carbocycles. The predicted octanol–water partition coefficient (Wildman–Crippen LogP) is 4.66. The van der Waals surface area contributed by atoms with E-state index in [1.54, 1.807) is 24.3 Å². The number of nitrogens with one attached hydrogen (secondary N) is 3. The summed E-state index contributed by atoms with van der Waals surface area (Å²) in [5.41, 5.74) is 1.33. The minimum Gasteiger partial charge on any atom is -0.308 e. The number of carbonyl (C=O) groups is 1. The molecule has 0 saturated carbocycles. The lowest BCUT2D eigenvalue weighted by Gasteiger charge is -2.13. The molecular formula is C14H16Cl2N4O. The summed E-state index contributed by atoms with van der Waals surface area (Å²) in [7, 11) is 0. The normalized spacial score (nSPS) is 11.3. The molecule has 1 aromatic heterocycles. The molecule has 2 rings (SSSR count). The van der Waals surface area contributed by atoms with E-state index in [4.69, 9.17) is 23.2 Å². The molecule has 1 heterocycles. The number of amides is 2. The van der Waals surface area contributed by atoms with Crippen molar-refractivity contribution in [1.29, 1.82) is 0 Å². The Hall–Kier alpha value is -1.72. The number of carbonyl (C=O) groups excluding carboxylic acids is 1. The second-order valence-electron chi connectivity index (χ2n) is 5.62. The van der Waals surface area contributed by atoms with E-state index in [9.17, 15) is 4.79 Å². The van der Waals surface area contributed by atoms with Gasteiger partial charge in [0, 0.05) is 17.2 Å². The number of aromatic amines is 1. The smallest absolute Gasteiger partial charge is 0.308 e. The standard InChI is InChI=1S/C14H16Cl2N4O/c1-14(2,3)11-7-12(20-19-11)18-13(21)17-8-4-5-9(15)10(16)6-8/h4-7H,1-3H3,(H3,17,18,19,20,21). The van der Waals surface area contributed by atoms with Gasteiger partial charge in [-0.05, 0) is 18.2 Å². The van der Waals surface area contributed by atoms with Crippen LogP contribution < -0.4 is 10.6 Å². The largest absolute Gasteiger partial charge is 0.324 e. The summed E-state index contributed by atoms with van der Waals surface area (Å²) < 4.78 is 0. The lowest BCUT2D eigenvalue weighted by molar-refractivity contribution is 0.262. The van der Waals surface area contributed by atoms with Gasteiger partial charge in [0.25, 0.3) is 0 Å². The van der Waals surface area contributed by atoms with Crippen LogP contribution in [0.5, 0.6) is 0 Å². The van der Waals surface area contributed by atoms with Crippen LogP contribution in [0.15, 0.2) is 24.3 Å². The van der Waals surface area contributed by atoms with E-state index in [0.717, 1.165) is 5.69 Å². The summed E-state index contributed by atoms with van der Waals surface area (Å²) in [6, 6.07) is 6.28. The minimum absolute atomic E-state index is 0.0867. The number of hydrogen-bond donors (Lipinski definition) is 3. The molecule has 3 N–H and O–H groups in total. The molecule has 7 heteroatoms. The van der Waals surface area contributed by atoms with E-state index in [1.165, 1.54) is 0 Å². The lowest BCUT2D eigenvalue weighted by atomic mass is 9.92. The monoisotopic (exact) mass is 326 g/mol. The number of aromatic nitrogens is 2. The Morgan fingerprint density at radius 1 is 1.14 bits per heavy atom. The van der Waals surface area contributed by atoms with E-state index in [2.05, 4.69) is 20.8 Å². The van der Waals surface area contributed by atoms with E-state index >= 15 is 0 Å². The van der Waals surface area contributed by atoms with Crippen LogP contribution in [-0.4, -0.2) is 16.2 Å². The highest BCUT2D eigenvalue weighted by Gasteiger charge is 2.18. The predicted molar refractivity (Wildman–Crippen MR) is 86.4 cm³/mol. The number of nitrogens with zero attached hydrogens (tertiary/aromatic N) is 1. The van der Waals surface area contributed by atoms with Crippen molar-refractivity contribution in [3.63, 3.8) is 0 Å². The van der Waals surface area contributed by atoms with Crippen LogP contribution in [0, 0.1) is 0 Å². The number of benzene rings is 1. The van der Waals surface area contributed by atoms with Crippen LogP contribution in [-0.2, 0) is 5.41 Å². The van der Waals surface area contributed by atoms with Gasteiger partial charge in [-0.3, -0.25) is 10.4 Å². The first kappa shape index (κ1) is 15.7. The highest BCUT2D eigenvalue weighted by atomic mass is 35.5. The van der Waals surface area contributed by atoms with Gasteiger partial charge in [0.2, 0.25) is 0 Å². The molecule has 0 radical (unpaired) electrons. The van der Waals surface area contributed by atoms with Crippen LogP contribution in [0.2, 0.25) is 10.0 Å². The van der Waals surface area contributed by atoms with E-state index in [0.29, 0.717) is 21.6 Å². The fraction of sp³-hybridized carbons (Fsp3) is 0.286. The van der Waals surface area contributed by atoms with Crippen LogP contribution in [0.25, 0.3) is 0 Å². The van der Waals surface area contributed by atoms with Gasteiger partial charge in [-0.15, -0.1) is 0 Å². The van der Waals surface area contributed by atoms with Crippen molar-refractivity contribution < 1.29 is 4.79 Å². The summed E-state index contributed by atoms with van der Waals surface area (Å²) in [4.78, 5) is 11.9. The SMILES string of the molecule is CC(C)(C)c1cc(NC(=O)Nc2ccc(Cl)c(Cl)c2)[nH]n1. The Kier molecular flexibility index (Phi) is 4.44. The molecule has 0 aliphatic rings. The number of H-pyrrole nitrogens is 1. The van der Waals surface area contributed by atoms with Gasteiger partial charge in [0.15, 0.2) is 0 Å². The topological polar surface area (TPSA) is 69.8 Å². The second-order valence-corrected chi connectivity index (χ2v) is 6.44. The van der Waals surface area contributed by atoms with Crippen molar-refractivity contribution in [3.8, 4) is 0 Å². The first-order valence-electron chi connectivity index (χ1n) is 6.34. The Bertz CT molecular complexity index is 661. The molecule has 0 spiro atoms. The van der Waals surface area contributed by atoms with E-state index in [-0.39, 0.29) is 5.41 Å². The quantitative estimate of drug-likeness (QED) is 0.751. The van der Waals surface area contributed by atoms with Crippen molar-refractivity contribution in [1.82, 2.24) is 10.2 Å². The molecule has 5 nitrogen and oxygen atoms in total. The third-order valence-corrected chi connectivity index (χ3v) is 3.51. The Morgan fingerprint density at radius 3 is 2.43 bits per heavy atom. The van der Waals surface area contributed by atoms with Crippen LogP contribution in [0.3, 0.4) is 0 Å². The zero-order chi connectivity index (χ0) is 15.6. The average Bonchev–Trinajstić information content (AvgIpc) is 2.82. The van der Waals surface area contributed by atoms with Crippen LogP contribution in [0.1, 0.15) is 26.5 Å². The van der Waals surface area contributed by atoms with E-state index < -0.39 is 6.03 Å². The number of halogens is 2. The zero-order valence-electron chi connectivity index (χ0n) is 11.9. The van der Waals surface area contributed by atoms with Gasteiger partial charge in [0.1, 0.15) is 5.82 Å². The number of urea groups is 1. The van der Waals surface area contributed by atoms with Crippen molar-refractivity contribution in [3.05, 3.63) is 40.0 Å². The summed E-state index contributed by atoms with van der Waals surface area (Å²) in [6.07, 6.45) is 0. The summed E-state index contributed by atoms with van der Waals surface area (Å²) in [6.45, 7) is 6.13. The fourth-order valence-electron chi connectivity index (χ4n) is 1.63. The molecule has 1 aromatic carbocycles. The van der Waals surface area contributed by atoms with Gasteiger partial charge >= 0.3 is 6.03 Å². The molecule has 0 unspecified atom stereocenters. The first-order valence-corrected chi connectivity index (χ1v) is 7.10. The third-order valence-electron chi connectivity index (χ3n) is 2.77. The average molecular weight is 327 g/mol. The maximum absolute atomic E-state index is 11.9. The third kappa shape index (κ3) is 4.12. The molecule has 0 saturated heterocycles. The van der Waals surface area contributed by atoms with E-state index in [1.807, 2.05) is 20.8 Å².